The van der Waals surface area contributed by atoms with Crippen molar-refractivity contribution >= 4 is 71.2 Å². The Hall–Kier alpha value is -8.20. The molecular weight excluding hydrogens is 749 g/mol. The molecule has 0 saturated heterocycles. The zero-order valence-electron chi connectivity index (χ0n) is 34.0. The molecule has 0 aliphatic heterocycles. The molecule has 0 radical (unpaired) electrons. The molecule has 12 rings (SSSR count). The van der Waals surface area contributed by atoms with Crippen molar-refractivity contribution in [2.45, 2.75) is 0 Å². The van der Waals surface area contributed by atoms with Gasteiger partial charge in [0.1, 0.15) is 0 Å². The lowest BCUT2D eigenvalue weighted by atomic mass is 9.96. The number of fused-ring (bicyclic) bond motifs is 7. The van der Waals surface area contributed by atoms with Crippen molar-refractivity contribution in [2.75, 3.05) is 4.90 Å². The van der Waals surface area contributed by atoms with Gasteiger partial charge in [-0.1, -0.05) is 188 Å². The topological polar surface area (TPSA) is 8.17 Å². The zero-order valence-corrected chi connectivity index (χ0v) is 34.0. The van der Waals surface area contributed by atoms with Gasteiger partial charge in [-0.3, -0.25) is 0 Å². The summed E-state index contributed by atoms with van der Waals surface area (Å²) in [6, 6.07) is 88.5. The van der Waals surface area contributed by atoms with Crippen LogP contribution in [0.25, 0.3) is 93.2 Å². The highest BCUT2D eigenvalue weighted by molar-refractivity contribution is 6.21. The minimum atomic E-state index is 1.09. The molecule has 0 bridgehead atoms. The second-order valence-electron chi connectivity index (χ2n) is 16.1. The molecule has 1 heterocycles. The fourth-order valence-corrected chi connectivity index (χ4v) is 9.70. The number of para-hydroxylation sites is 2. The standard InChI is InChI=1S/C60H40N2/c1-4-21-50-41(14-1)17-12-26-52(50)44-30-35-47(36-31-44)61(49-20-11-19-46(40-49)53-27-13-18-42-15-2-5-22-51(42)53)57-28-9-7-23-54(57)45-32-37-48(38-33-45)62-58-29-10-8-25-56(58)60-55-24-6-3-16-43(55)34-39-59(60)62/h1-40H. The molecule has 0 atom stereocenters. The van der Waals surface area contributed by atoms with Gasteiger partial charge in [-0.15, -0.1) is 0 Å². The molecule has 1 aromatic heterocycles. The Labute approximate surface area is 360 Å². The van der Waals surface area contributed by atoms with Crippen LogP contribution in [0.4, 0.5) is 17.1 Å². The molecular formula is C60H40N2. The van der Waals surface area contributed by atoms with Crippen LogP contribution in [-0.2, 0) is 0 Å². The summed E-state index contributed by atoms with van der Waals surface area (Å²) >= 11 is 0. The van der Waals surface area contributed by atoms with Gasteiger partial charge in [-0.05, 0) is 115 Å². The highest BCUT2D eigenvalue weighted by Gasteiger charge is 2.20. The molecule has 0 amide bonds. The summed E-state index contributed by atoms with van der Waals surface area (Å²) in [5, 5.41) is 10.1. The molecule has 12 aromatic rings. The molecule has 0 aliphatic rings. The second kappa shape index (κ2) is 14.8. The van der Waals surface area contributed by atoms with Crippen molar-refractivity contribution in [3.8, 4) is 39.1 Å². The van der Waals surface area contributed by atoms with Crippen LogP contribution in [0.1, 0.15) is 0 Å². The van der Waals surface area contributed by atoms with Crippen LogP contribution in [0.15, 0.2) is 243 Å². The van der Waals surface area contributed by atoms with E-state index in [1.165, 1.54) is 76.4 Å². The Balaban J connectivity index is 1.00. The number of aromatic nitrogens is 1. The lowest BCUT2D eigenvalue weighted by Gasteiger charge is -2.28. The van der Waals surface area contributed by atoms with Gasteiger partial charge in [0.25, 0.3) is 0 Å². The minimum Gasteiger partial charge on any atom is -0.310 e. The summed E-state index contributed by atoms with van der Waals surface area (Å²) in [5.41, 5.74) is 14.0. The van der Waals surface area contributed by atoms with Crippen LogP contribution in [0, 0.1) is 0 Å². The van der Waals surface area contributed by atoms with Gasteiger partial charge in [0.15, 0.2) is 0 Å². The van der Waals surface area contributed by atoms with E-state index in [-0.39, 0.29) is 0 Å². The highest BCUT2D eigenvalue weighted by atomic mass is 15.1. The first-order valence-corrected chi connectivity index (χ1v) is 21.3. The molecule has 2 nitrogen and oxygen atoms in total. The highest BCUT2D eigenvalue weighted by Crippen LogP contribution is 2.44. The van der Waals surface area contributed by atoms with Crippen LogP contribution in [0.3, 0.4) is 0 Å². The molecule has 0 aliphatic carbocycles. The van der Waals surface area contributed by atoms with Crippen LogP contribution >= 0.6 is 0 Å². The number of benzene rings is 11. The van der Waals surface area contributed by atoms with E-state index in [1.807, 2.05) is 0 Å². The van der Waals surface area contributed by atoms with E-state index in [1.54, 1.807) is 0 Å². The Morgan fingerprint density at radius 3 is 1.53 bits per heavy atom. The predicted molar refractivity (Wildman–Crippen MR) is 264 cm³/mol. The Morgan fingerprint density at radius 1 is 0.290 bits per heavy atom. The summed E-state index contributed by atoms with van der Waals surface area (Å²) in [7, 11) is 0. The molecule has 0 unspecified atom stereocenters. The fourth-order valence-electron chi connectivity index (χ4n) is 9.70. The lowest BCUT2D eigenvalue weighted by molar-refractivity contribution is 1.18. The molecule has 2 heteroatoms. The van der Waals surface area contributed by atoms with Crippen molar-refractivity contribution in [3.63, 3.8) is 0 Å². The third-order valence-electron chi connectivity index (χ3n) is 12.6. The van der Waals surface area contributed by atoms with E-state index < -0.39 is 0 Å². The average molecular weight is 789 g/mol. The van der Waals surface area contributed by atoms with Crippen LogP contribution in [0.5, 0.6) is 0 Å². The molecule has 0 spiro atoms. The van der Waals surface area contributed by atoms with E-state index in [0.29, 0.717) is 0 Å². The van der Waals surface area contributed by atoms with Crippen LogP contribution in [0.2, 0.25) is 0 Å². The van der Waals surface area contributed by atoms with Crippen molar-refractivity contribution in [1.29, 1.82) is 0 Å². The number of rotatable bonds is 7. The normalized spacial score (nSPS) is 11.5. The first-order chi connectivity index (χ1) is 30.8. The van der Waals surface area contributed by atoms with E-state index in [2.05, 4.69) is 252 Å². The van der Waals surface area contributed by atoms with Crippen LogP contribution < -0.4 is 4.90 Å². The van der Waals surface area contributed by atoms with Gasteiger partial charge < -0.3 is 9.47 Å². The third kappa shape index (κ3) is 5.96. The zero-order chi connectivity index (χ0) is 41.0. The van der Waals surface area contributed by atoms with Crippen molar-refractivity contribution < 1.29 is 0 Å². The fraction of sp³-hybridized carbons (Fsp3) is 0. The minimum absolute atomic E-state index is 1.09. The summed E-state index contributed by atoms with van der Waals surface area (Å²) in [6.45, 7) is 0. The largest absolute Gasteiger partial charge is 0.310 e. The first-order valence-electron chi connectivity index (χ1n) is 21.3. The van der Waals surface area contributed by atoms with Crippen molar-refractivity contribution in [2.24, 2.45) is 0 Å². The molecule has 0 N–H and O–H groups in total. The lowest BCUT2D eigenvalue weighted by Crippen LogP contribution is -2.11. The maximum absolute atomic E-state index is 2.42. The summed E-state index contributed by atoms with van der Waals surface area (Å²) in [4.78, 5) is 2.42. The maximum Gasteiger partial charge on any atom is 0.0547 e. The Morgan fingerprint density at radius 2 is 0.806 bits per heavy atom. The summed E-state index contributed by atoms with van der Waals surface area (Å²) in [5.74, 6) is 0. The smallest absolute Gasteiger partial charge is 0.0547 e. The molecule has 0 fully saturated rings. The maximum atomic E-state index is 2.42. The van der Waals surface area contributed by atoms with E-state index in [0.717, 1.165) is 33.9 Å². The molecule has 290 valence electrons. The van der Waals surface area contributed by atoms with Gasteiger partial charge in [-0.2, -0.15) is 0 Å². The number of hydrogen-bond donors (Lipinski definition) is 0. The number of anilines is 3. The Bertz CT molecular complexity index is 3620. The SMILES string of the molecule is c1cc(-c2cccc3ccccc23)cc(N(c2ccc(-c3cccc4ccccc34)cc2)c2ccccc2-c2ccc(-n3c4ccccc4c4c5ccccc5ccc43)cc2)c1. The van der Waals surface area contributed by atoms with Gasteiger partial charge in [-0.25, -0.2) is 0 Å². The van der Waals surface area contributed by atoms with E-state index in [9.17, 15) is 0 Å². The van der Waals surface area contributed by atoms with Gasteiger partial charge in [0.2, 0.25) is 0 Å². The second-order valence-corrected chi connectivity index (χ2v) is 16.1. The third-order valence-corrected chi connectivity index (χ3v) is 12.6. The van der Waals surface area contributed by atoms with Crippen molar-refractivity contribution in [3.05, 3.63) is 243 Å². The number of nitrogens with zero attached hydrogens (tertiary/aromatic N) is 2. The monoisotopic (exact) mass is 788 g/mol. The van der Waals surface area contributed by atoms with E-state index >= 15 is 0 Å². The predicted octanol–water partition coefficient (Wildman–Crippen LogP) is 16.7. The van der Waals surface area contributed by atoms with Gasteiger partial charge in [0.05, 0.1) is 16.7 Å². The van der Waals surface area contributed by atoms with Gasteiger partial charge in [0, 0.05) is 33.4 Å². The Kier molecular flexibility index (Phi) is 8.53. The van der Waals surface area contributed by atoms with Crippen LogP contribution in [-0.4, -0.2) is 4.57 Å². The average Bonchev–Trinajstić information content (AvgIpc) is 3.69. The molecule has 62 heavy (non-hydrogen) atoms. The first kappa shape index (κ1) is 35.7. The van der Waals surface area contributed by atoms with Crippen molar-refractivity contribution in [1.82, 2.24) is 4.57 Å². The quantitative estimate of drug-likeness (QED) is 0.156. The molecule has 0 saturated carbocycles. The number of hydrogen-bond acceptors (Lipinski definition) is 1. The molecule has 11 aromatic carbocycles. The van der Waals surface area contributed by atoms with E-state index in [4.69, 9.17) is 0 Å². The summed E-state index contributed by atoms with van der Waals surface area (Å²) < 4.78 is 2.41. The van der Waals surface area contributed by atoms with Gasteiger partial charge >= 0.3 is 0 Å². The summed E-state index contributed by atoms with van der Waals surface area (Å²) in [6.07, 6.45) is 0.